The standard InChI is InChI=1S/C13H10N2OS/c1-17-10-2-3-12-11(8-10)15-13(16-12)9-4-6-14-7-5-9/h2-8H,1H3. The summed E-state index contributed by atoms with van der Waals surface area (Å²) in [6.07, 6.45) is 5.51. The molecule has 84 valence electrons. The number of rotatable bonds is 2. The molecule has 0 saturated carbocycles. The van der Waals surface area contributed by atoms with Gasteiger partial charge in [-0.15, -0.1) is 11.8 Å². The number of hydrogen-bond donors (Lipinski definition) is 0. The lowest BCUT2D eigenvalue weighted by Gasteiger charge is -1.92. The molecule has 0 aliphatic rings. The number of fused-ring (bicyclic) bond motifs is 1. The molecule has 17 heavy (non-hydrogen) atoms. The van der Waals surface area contributed by atoms with E-state index in [-0.39, 0.29) is 0 Å². The topological polar surface area (TPSA) is 38.9 Å². The van der Waals surface area contributed by atoms with Gasteiger partial charge < -0.3 is 4.42 Å². The number of hydrogen-bond acceptors (Lipinski definition) is 4. The first-order valence-corrected chi connectivity index (χ1v) is 6.44. The smallest absolute Gasteiger partial charge is 0.227 e. The number of benzene rings is 1. The maximum absolute atomic E-state index is 5.71. The zero-order valence-electron chi connectivity index (χ0n) is 9.25. The maximum atomic E-state index is 5.71. The third-order valence-corrected chi connectivity index (χ3v) is 3.25. The molecule has 3 aromatic rings. The molecule has 0 unspecified atom stereocenters. The maximum Gasteiger partial charge on any atom is 0.227 e. The first-order valence-electron chi connectivity index (χ1n) is 5.22. The summed E-state index contributed by atoms with van der Waals surface area (Å²) in [7, 11) is 0. The van der Waals surface area contributed by atoms with Crippen molar-refractivity contribution in [3.63, 3.8) is 0 Å². The fraction of sp³-hybridized carbons (Fsp3) is 0.0769. The van der Waals surface area contributed by atoms with Crippen LogP contribution in [-0.2, 0) is 0 Å². The van der Waals surface area contributed by atoms with E-state index >= 15 is 0 Å². The lowest BCUT2D eigenvalue weighted by molar-refractivity contribution is 0.619. The van der Waals surface area contributed by atoms with Crippen LogP contribution in [0.1, 0.15) is 0 Å². The molecule has 3 rings (SSSR count). The highest BCUT2D eigenvalue weighted by molar-refractivity contribution is 7.98. The Kier molecular flexibility index (Phi) is 2.57. The van der Waals surface area contributed by atoms with Crippen LogP contribution < -0.4 is 0 Å². The number of nitrogens with zero attached hydrogens (tertiary/aromatic N) is 2. The van der Waals surface area contributed by atoms with Crippen molar-refractivity contribution in [2.45, 2.75) is 4.90 Å². The highest BCUT2D eigenvalue weighted by Crippen LogP contribution is 2.26. The molecule has 0 bridgehead atoms. The molecule has 0 aliphatic heterocycles. The Morgan fingerprint density at radius 3 is 2.71 bits per heavy atom. The molecule has 0 N–H and O–H groups in total. The van der Waals surface area contributed by atoms with Crippen LogP contribution in [0, 0.1) is 0 Å². The second kappa shape index (κ2) is 4.22. The Hall–Kier alpha value is -1.81. The van der Waals surface area contributed by atoms with Crippen molar-refractivity contribution in [1.29, 1.82) is 0 Å². The van der Waals surface area contributed by atoms with Crippen LogP contribution in [0.5, 0.6) is 0 Å². The quantitative estimate of drug-likeness (QED) is 0.643. The van der Waals surface area contributed by atoms with Crippen molar-refractivity contribution in [3.8, 4) is 11.5 Å². The zero-order valence-corrected chi connectivity index (χ0v) is 10.1. The average Bonchev–Trinajstić information content (AvgIpc) is 2.82. The van der Waals surface area contributed by atoms with Crippen molar-refractivity contribution < 1.29 is 4.42 Å². The third kappa shape index (κ3) is 1.91. The van der Waals surface area contributed by atoms with E-state index in [2.05, 4.69) is 9.97 Å². The SMILES string of the molecule is CSc1ccc2oc(-c3ccncc3)nc2c1. The van der Waals surface area contributed by atoms with E-state index < -0.39 is 0 Å². The minimum Gasteiger partial charge on any atom is -0.436 e. The third-order valence-electron chi connectivity index (χ3n) is 2.52. The summed E-state index contributed by atoms with van der Waals surface area (Å²) in [6.45, 7) is 0. The summed E-state index contributed by atoms with van der Waals surface area (Å²) in [5, 5.41) is 0. The molecule has 1 aromatic carbocycles. The first kappa shape index (κ1) is 10.4. The summed E-state index contributed by atoms with van der Waals surface area (Å²) in [4.78, 5) is 9.65. The molecule has 4 heteroatoms. The van der Waals surface area contributed by atoms with E-state index in [4.69, 9.17) is 4.42 Å². The van der Waals surface area contributed by atoms with Gasteiger partial charge in [-0.1, -0.05) is 0 Å². The van der Waals surface area contributed by atoms with Gasteiger partial charge in [0.2, 0.25) is 5.89 Å². The summed E-state index contributed by atoms with van der Waals surface area (Å²) in [5.74, 6) is 0.639. The molecule has 0 radical (unpaired) electrons. The van der Waals surface area contributed by atoms with Crippen LogP contribution >= 0.6 is 11.8 Å². The van der Waals surface area contributed by atoms with Crippen molar-refractivity contribution in [3.05, 3.63) is 42.7 Å². The second-order valence-electron chi connectivity index (χ2n) is 3.59. The number of oxazole rings is 1. The van der Waals surface area contributed by atoms with Crippen molar-refractivity contribution in [2.24, 2.45) is 0 Å². The Labute approximate surface area is 103 Å². The first-order chi connectivity index (χ1) is 8.36. The minimum atomic E-state index is 0.639. The van der Waals surface area contributed by atoms with Gasteiger partial charge in [0.1, 0.15) is 5.52 Å². The predicted molar refractivity (Wildman–Crippen MR) is 69.0 cm³/mol. The van der Waals surface area contributed by atoms with Crippen molar-refractivity contribution in [1.82, 2.24) is 9.97 Å². The van der Waals surface area contributed by atoms with E-state index in [0.717, 1.165) is 16.7 Å². The fourth-order valence-electron chi connectivity index (χ4n) is 1.65. The van der Waals surface area contributed by atoms with Gasteiger partial charge in [-0.05, 0) is 36.6 Å². The van der Waals surface area contributed by atoms with Gasteiger partial charge in [0.05, 0.1) is 0 Å². The van der Waals surface area contributed by atoms with Gasteiger partial charge in [0.25, 0.3) is 0 Å². The summed E-state index contributed by atoms with van der Waals surface area (Å²) in [6, 6.07) is 9.81. The zero-order chi connectivity index (χ0) is 11.7. The van der Waals surface area contributed by atoms with E-state index in [1.807, 2.05) is 36.6 Å². The highest BCUT2D eigenvalue weighted by atomic mass is 32.2. The Balaban J connectivity index is 2.14. The summed E-state index contributed by atoms with van der Waals surface area (Å²) in [5.41, 5.74) is 2.65. The lowest BCUT2D eigenvalue weighted by Crippen LogP contribution is -1.77. The van der Waals surface area contributed by atoms with Gasteiger partial charge in [0, 0.05) is 22.9 Å². The number of thioether (sulfide) groups is 1. The van der Waals surface area contributed by atoms with Crippen LogP contribution in [0.4, 0.5) is 0 Å². The van der Waals surface area contributed by atoms with Gasteiger partial charge in [-0.2, -0.15) is 0 Å². The monoisotopic (exact) mass is 242 g/mol. The lowest BCUT2D eigenvalue weighted by atomic mass is 10.3. The molecule has 0 fully saturated rings. The molecule has 2 heterocycles. The predicted octanol–water partition coefficient (Wildman–Crippen LogP) is 3.61. The molecular weight excluding hydrogens is 232 g/mol. The Morgan fingerprint density at radius 1 is 1.12 bits per heavy atom. The molecule has 0 aliphatic carbocycles. The number of aromatic nitrogens is 2. The van der Waals surface area contributed by atoms with Crippen LogP contribution in [-0.4, -0.2) is 16.2 Å². The summed E-state index contributed by atoms with van der Waals surface area (Å²) >= 11 is 1.70. The van der Waals surface area contributed by atoms with Crippen molar-refractivity contribution >= 4 is 22.9 Å². The van der Waals surface area contributed by atoms with Crippen LogP contribution in [0.25, 0.3) is 22.6 Å². The average molecular weight is 242 g/mol. The minimum absolute atomic E-state index is 0.639. The summed E-state index contributed by atoms with van der Waals surface area (Å²) < 4.78 is 5.71. The van der Waals surface area contributed by atoms with E-state index in [0.29, 0.717) is 5.89 Å². The molecule has 0 spiro atoms. The van der Waals surface area contributed by atoms with Crippen molar-refractivity contribution in [2.75, 3.05) is 6.26 Å². The number of pyridine rings is 1. The van der Waals surface area contributed by atoms with Crippen LogP contribution in [0.3, 0.4) is 0 Å². The van der Waals surface area contributed by atoms with Crippen LogP contribution in [0.15, 0.2) is 52.0 Å². The van der Waals surface area contributed by atoms with Crippen LogP contribution in [0.2, 0.25) is 0 Å². The van der Waals surface area contributed by atoms with Gasteiger partial charge in [-0.3, -0.25) is 4.98 Å². The molecule has 3 nitrogen and oxygen atoms in total. The fourth-order valence-corrected chi connectivity index (χ4v) is 2.09. The van der Waals surface area contributed by atoms with E-state index in [1.54, 1.807) is 24.2 Å². The van der Waals surface area contributed by atoms with Gasteiger partial charge in [0.15, 0.2) is 5.58 Å². The molecule has 0 saturated heterocycles. The largest absolute Gasteiger partial charge is 0.436 e. The van der Waals surface area contributed by atoms with E-state index in [1.165, 1.54) is 4.90 Å². The molecule has 2 aromatic heterocycles. The Bertz CT molecular complexity index is 649. The van der Waals surface area contributed by atoms with E-state index in [9.17, 15) is 0 Å². The van der Waals surface area contributed by atoms with Gasteiger partial charge in [-0.25, -0.2) is 4.98 Å². The second-order valence-corrected chi connectivity index (χ2v) is 4.47. The molecule has 0 amide bonds. The van der Waals surface area contributed by atoms with Gasteiger partial charge >= 0.3 is 0 Å². The Morgan fingerprint density at radius 2 is 1.94 bits per heavy atom. The molecular formula is C13H10N2OS. The normalized spacial score (nSPS) is 10.9. The molecule has 0 atom stereocenters. The highest BCUT2D eigenvalue weighted by Gasteiger charge is 2.07.